The molecule has 1 aromatic rings. The molecule has 1 saturated heterocycles. The molecule has 1 fully saturated rings. The summed E-state index contributed by atoms with van der Waals surface area (Å²) in [5, 5.41) is 9.19. The highest BCUT2D eigenvalue weighted by molar-refractivity contribution is 7.91. The molecule has 108 valence electrons. The van der Waals surface area contributed by atoms with Crippen molar-refractivity contribution in [2.24, 2.45) is 0 Å². The minimum Gasteiger partial charge on any atom is -0.391 e. The van der Waals surface area contributed by atoms with Crippen LogP contribution in [0.4, 0.5) is 0 Å². The fraction of sp³-hybridized carbons (Fsp3) is 0.692. The zero-order valence-electron chi connectivity index (χ0n) is 11.3. The molecule has 0 radical (unpaired) electrons. The lowest BCUT2D eigenvalue weighted by Gasteiger charge is -2.23. The molecule has 6 heteroatoms. The molecule has 4 nitrogen and oxygen atoms in total. The Balaban J connectivity index is 2.23. The monoisotopic (exact) mass is 303 g/mol. The van der Waals surface area contributed by atoms with Gasteiger partial charge in [0, 0.05) is 18.0 Å². The van der Waals surface area contributed by atoms with Gasteiger partial charge in [-0.05, 0) is 31.4 Å². The Morgan fingerprint density at radius 2 is 1.79 bits per heavy atom. The second kappa shape index (κ2) is 6.35. The van der Waals surface area contributed by atoms with Crippen molar-refractivity contribution in [3.8, 4) is 0 Å². The molecule has 0 atom stereocenters. The van der Waals surface area contributed by atoms with E-state index in [1.807, 2.05) is 6.92 Å². The van der Waals surface area contributed by atoms with Crippen molar-refractivity contribution in [2.45, 2.75) is 49.8 Å². The summed E-state index contributed by atoms with van der Waals surface area (Å²) in [5.74, 6) is 0. The summed E-state index contributed by atoms with van der Waals surface area (Å²) < 4.78 is 27.2. The largest absolute Gasteiger partial charge is 0.391 e. The highest BCUT2D eigenvalue weighted by Crippen LogP contribution is 2.29. The molecule has 0 unspecified atom stereocenters. The zero-order chi connectivity index (χ0) is 13.9. The standard InChI is InChI=1S/C13H21NO3S2/c1-11-9-13(18-12(11)10-15)19(16,17)14-7-5-3-2-4-6-8-14/h9,15H,2-8,10H2,1H3. The van der Waals surface area contributed by atoms with Gasteiger partial charge in [-0.1, -0.05) is 19.3 Å². The Morgan fingerprint density at radius 1 is 1.21 bits per heavy atom. The van der Waals surface area contributed by atoms with Gasteiger partial charge in [0.15, 0.2) is 0 Å². The molecule has 1 N–H and O–H groups in total. The summed E-state index contributed by atoms with van der Waals surface area (Å²) >= 11 is 1.19. The van der Waals surface area contributed by atoms with Crippen LogP contribution in [0.1, 0.15) is 42.5 Å². The minimum absolute atomic E-state index is 0.0913. The van der Waals surface area contributed by atoms with Gasteiger partial charge in [-0.2, -0.15) is 4.31 Å². The van der Waals surface area contributed by atoms with E-state index in [9.17, 15) is 13.5 Å². The molecule has 0 spiro atoms. The molecule has 0 aliphatic carbocycles. The van der Waals surface area contributed by atoms with E-state index in [0.29, 0.717) is 17.3 Å². The molecule has 2 heterocycles. The third-order valence-corrected chi connectivity index (χ3v) is 7.12. The normalized spacial score (nSPS) is 19.1. The van der Waals surface area contributed by atoms with E-state index in [-0.39, 0.29) is 6.61 Å². The fourth-order valence-electron chi connectivity index (χ4n) is 2.36. The Labute approximate surface area is 119 Å². The summed E-state index contributed by atoms with van der Waals surface area (Å²) in [5.41, 5.74) is 0.859. The average molecular weight is 303 g/mol. The van der Waals surface area contributed by atoms with Crippen LogP contribution in [-0.4, -0.2) is 30.9 Å². The maximum atomic E-state index is 12.6. The average Bonchev–Trinajstić information content (AvgIpc) is 2.70. The highest BCUT2D eigenvalue weighted by atomic mass is 32.2. The van der Waals surface area contributed by atoms with Crippen LogP contribution in [0, 0.1) is 6.92 Å². The Morgan fingerprint density at radius 3 is 2.32 bits per heavy atom. The van der Waals surface area contributed by atoms with Crippen LogP contribution in [0.3, 0.4) is 0 Å². The van der Waals surface area contributed by atoms with Crippen LogP contribution in [0.25, 0.3) is 0 Å². The van der Waals surface area contributed by atoms with Gasteiger partial charge in [-0.15, -0.1) is 11.3 Å². The molecule has 19 heavy (non-hydrogen) atoms. The van der Waals surface area contributed by atoms with Gasteiger partial charge in [0.05, 0.1) is 6.61 Å². The number of rotatable bonds is 3. The van der Waals surface area contributed by atoms with Gasteiger partial charge < -0.3 is 5.11 Å². The van der Waals surface area contributed by atoms with Gasteiger partial charge in [0.2, 0.25) is 0 Å². The number of hydrogen-bond acceptors (Lipinski definition) is 4. The molecule has 0 saturated carbocycles. The van der Waals surface area contributed by atoms with Crippen molar-refractivity contribution in [1.29, 1.82) is 0 Å². The lowest BCUT2D eigenvalue weighted by molar-refractivity contribution is 0.285. The third kappa shape index (κ3) is 3.37. The molecule has 1 aromatic heterocycles. The van der Waals surface area contributed by atoms with Crippen molar-refractivity contribution < 1.29 is 13.5 Å². The second-order valence-corrected chi connectivity index (χ2v) is 8.30. The molecule has 2 rings (SSSR count). The first-order valence-electron chi connectivity index (χ1n) is 6.76. The van der Waals surface area contributed by atoms with Crippen molar-refractivity contribution >= 4 is 21.4 Å². The Bertz CT molecular complexity index is 514. The van der Waals surface area contributed by atoms with Crippen molar-refractivity contribution in [3.63, 3.8) is 0 Å². The van der Waals surface area contributed by atoms with E-state index >= 15 is 0 Å². The van der Waals surface area contributed by atoms with E-state index in [4.69, 9.17) is 0 Å². The van der Waals surface area contributed by atoms with Gasteiger partial charge >= 0.3 is 0 Å². The summed E-state index contributed by atoms with van der Waals surface area (Å²) in [4.78, 5) is 0.741. The predicted octanol–water partition coefficient (Wildman–Crippen LogP) is 2.50. The van der Waals surface area contributed by atoms with E-state index in [2.05, 4.69) is 0 Å². The predicted molar refractivity (Wildman–Crippen MR) is 76.8 cm³/mol. The Kier molecular flexibility index (Phi) is 5.00. The summed E-state index contributed by atoms with van der Waals surface area (Å²) in [6, 6.07) is 1.68. The fourth-order valence-corrected chi connectivity index (χ4v) is 5.48. The number of sulfonamides is 1. The maximum Gasteiger partial charge on any atom is 0.252 e. The topological polar surface area (TPSA) is 57.6 Å². The first-order valence-corrected chi connectivity index (χ1v) is 9.01. The van der Waals surface area contributed by atoms with Gasteiger partial charge in [-0.3, -0.25) is 0 Å². The molecular weight excluding hydrogens is 282 g/mol. The number of aliphatic hydroxyl groups is 1. The quantitative estimate of drug-likeness (QED) is 0.933. The smallest absolute Gasteiger partial charge is 0.252 e. The molecule has 0 bridgehead atoms. The van der Waals surface area contributed by atoms with Crippen molar-refractivity contribution in [1.82, 2.24) is 4.31 Å². The van der Waals surface area contributed by atoms with E-state index < -0.39 is 10.0 Å². The van der Waals surface area contributed by atoms with E-state index in [1.54, 1.807) is 10.4 Å². The van der Waals surface area contributed by atoms with Crippen LogP contribution in [0.15, 0.2) is 10.3 Å². The third-order valence-electron chi connectivity index (χ3n) is 3.55. The maximum absolute atomic E-state index is 12.6. The molecule has 1 aliphatic heterocycles. The van der Waals surface area contributed by atoms with Crippen molar-refractivity contribution in [3.05, 3.63) is 16.5 Å². The second-order valence-electron chi connectivity index (χ2n) is 5.00. The van der Waals surface area contributed by atoms with Crippen LogP contribution in [-0.2, 0) is 16.6 Å². The first kappa shape index (κ1) is 15.0. The first-order chi connectivity index (χ1) is 9.05. The van der Waals surface area contributed by atoms with Gasteiger partial charge in [0.25, 0.3) is 10.0 Å². The summed E-state index contributed by atoms with van der Waals surface area (Å²) in [6.45, 7) is 2.99. The molecule has 0 amide bonds. The van der Waals surface area contributed by atoms with E-state index in [1.165, 1.54) is 17.8 Å². The van der Waals surface area contributed by atoms with Gasteiger partial charge in [0.1, 0.15) is 4.21 Å². The van der Waals surface area contributed by atoms with Crippen LogP contribution < -0.4 is 0 Å². The minimum atomic E-state index is -3.37. The van der Waals surface area contributed by atoms with Gasteiger partial charge in [-0.25, -0.2) is 8.42 Å². The number of thiophene rings is 1. The molecular formula is C13H21NO3S2. The Hall–Kier alpha value is -0.430. The number of aryl methyl sites for hydroxylation is 1. The zero-order valence-corrected chi connectivity index (χ0v) is 12.9. The number of aliphatic hydroxyl groups excluding tert-OH is 1. The number of nitrogens with zero attached hydrogens (tertiary/aromatic N) is 1. The lowest BCUT2D eigenvalue weighted by Crippen LogP contribution is -2.33. The number of hydrogen-bond donors (Lipinski definition) is 1. The lowest BCUT2D eigenvalue weighted by atomic mass is 10.1. The molecule has 1 aliphatic rings. The highest BCUT2D eigenvalue weighted by Gasteiger charge is 2.26. The SMILES string of the molecule is Cc1cc(S(=O)(=O)N2CCCCCCC2)sc1CO. The van der Waals surface area contributed by atoms with Crippen LogP contribution >= 0.6 is 11.3 Å². The van der Waals surface area contributed by atoms with Crippen molar-refractivity contribution in [2.75, 3.05) is 13.1 Å². The summed E-state index contributed by atoms with van der Waals surface area (Å²) in [6.07, 6.45) is 5.31. The van der Waals surface area contributed by atoms with Crippen LogP contribution in [0.5, 0.6) is 0 Å². The van der Waals surface area contributed by atoms with Crippen LogP contribution in [0.2, 0.25) is 0 Å². The molecule has 0 aromatic carbocycles. The van der Waals surface area contributed by atoms with E-state index in [0.717, 1.165) is 36.1 Å². The summed E-state index contributed by atoms with van der Waals surface area (Å²) in [7, 11) is -3.37.